The zero-order valence-electron chi connectivity index (χ0n) is 15.0. The molecule has 2 aromatic carbocycles. The van der Waals surface area contributed by atoms with E-state index < -0.39 is 0 Å². The van der Waals surface area contributed by atoms with E-state index in [1.165, 1.54) is 11.3 Å². The van der Waals surface area contributed by atoms with E-state index in [2.05, 4.69) is 52.8 Å². The lowest BCUT2D eigenvalue weighted by Gasteiger charge is -2.25. The maximum atomic E-state index is 8.70. The van der Waals surface area contributed by atoms with Gasteiger partial charge in [0.25, 0.3) is 0 Å². The van der Waals surface area contributed by atoms with Gasteiger partial charge in [0.15, 0.2) is 5.11 Å². The Morgan fingerprint density at radius 1 is 1.23 bits per heavy atom. The van der Waals surface area contributed by atoms with Gasteiger partial charge in [-0.1, -0.05) is 30.3 Å². The second-order valence-corrected chi connectivity index (χ2v) is 7.05. The van der Waals surface area contributed by atoms with Gasteiger partial charge in [0.1, 0.15) is 0 Å². The molecule has 2 N–H and O–H groups in total. The molecule has 4 nitrogen and oxygen atoms in total. The molecule has 134 valence electrons. The summed E-state index contributed by atoms with van der Waals surface area (Å²) in [5.41, 5.74) is 4.77. The molecule has 0 radical (unpaired) electrons. The zero-order chi connectivity index (χ0) is 18.4. The van der Waals surface area contributed by atoms with E-state index in [0.29, 0.717) is 17.6 Å². The van der Waals surface area contributed by atoms with Gasteiger partial charge in [0, 0.05) is 30.5 Å². The lowest BCUT2D eigenvalue weighted by molar-refractivity contribution is 0.641. The van der Waals surface area contributed by atoms with E-state index in [-0.39, 0.29) is 0 Å². The minimum atomic E-state index is 0.432. The average Bonchev–Trinajstić information content (AvgIpc) is 2.96. The smallest absolute Gasteiger partial charge is 0.170 e. The van der Waals surface area contributed by atoms with Gasteiger partial charge in [-0.3, -0.25) is 0 Å². The number of hydrogen-bond donors (Lipinski definition) is 2. The number of para-hydroxylation sites is 1. The number of fused-ring (bicyclic) bond motifs is 1. The van der Waals surface area contributed by atoms with Crippen LogP contribution < -0.4 is 15.5 Å². The Kier molecular flexibility index (Phi) is 6.08. The van der Waals surface area contributed by atoms with Crippen molar-refractivity contribution < 1.29 is 0 Å². The van der Waals surface area contributed by atoms with E-state index in [0.717, 1.165) is 37.2 Å². The normalized spacial score (nSPS) is 15.2. The van der Waals surface area contributed by atoms with Gasteiger partial charge < -0.3 is 15.5 Å². The van der Waals surface area contributed by atoms with E-state index in [9.17, 15) is 0 Å². The summed E-state index contributed by atoms with van der Waals surface area (Å²) in [5, 5.41) is 15.8. The molecule has 0 saturated carbocycles. The highest BCUT2D eigenvalue weighted by atomic mass is 32.1. The van der Waals surface area contributed by atoms with Crippen molar-refractivity contribution in [1.29, 1.82) is 5.26 Å². The van der Waals surface area contributed by atoms with Gasteiger partial charge in [-0.05, 0) is 61.3 Å². The summed E-state index contributed by atoms with van der Waals surface area (Å²) < 4.78 is 0. The lowest BCUT2D eigenvalue weighted by Crippen LogP contribution is -2.34. The molecule has 0 aliphatic carbocycles. The van der Waals surface area contributed by atoms with Crippen LogP contribution in [0.2, 0.25) is 0 Å². The van der Waals surface area contributed by atoms with Crippen molar-refractivity contribution in [2.75, 3.05) is 23.3 Å². The molecular formula is C21H24N4S. The first-order valence-corrected chi connectivity index (χ1v) is 9.43. The van der Waals surface area contributed by atoms with Crippen LogP contribution >= 0.6 is 12.2 Å². The second-order valence-electron chi connectivity index (χ2n) is 6.64. The van der Waals surface area contributed by atoms with Crippen molar-refractivity contribution in [2.45, 2.75) is 32.2 Å². The first-order valence-electron chi connectivity index (χ1n) is 9.02. The molecular weight excluding hydrogens is 340 g/mol. The van der Waals surface area contributed by atoms with E-state index in [1.807, 2.05) is 24.3 Å². The number of nitrogens with one attached hydrogen (secondary N) is 2. The highest BCUT2D eigenvalue weighted by Gasteiger charge is 2.24. The van der Waals surface area contributed by atoms with Gasteiger partial charge in [0.05, 0.1) is 12.5 Å². The Hall–Kier alpha value is -2.58. The van der Waals surface area contributed by atoms with Gasteiger partial charge in [-0.15, -0.1) is 0 Å². The minimum absolute atomic E-state index is 0.432. The third-order valence-corrected chi connectivity index (χ3v) is 4.95. The zero-order valence-corrected chi connectivity index (χ0v) is 15.9. The van der Waals surface area contributed by atoms with Crippen LogP contribution in [0.1, 0.15) is 24.5 Å². The fourth-order valence-electron chi connectivity index (χ4n) is 3.39. The van der Waals surface area contributed by atoms with Crippen LogP contribution in [0.3, 0.4) is 0 Å². The number of nitrogens with zero attached hydrogens (tertiary/aromatic N) is 2. The molecule has 0 aromatic heterocycles. The summed E-state index contributed by atoms with van der Waals surface area (Å²) in [5.74, 6) is 0. The standard InChI is InChI=1S/C21H24N4S/c1-16-15-18-5-2-3-6-20(18)25(16)14-4-13-23-21(26)24-19-9-7-17(8-10-19)11-12-22/h2-3,5-10,16H,4,11,13-15H2,1H3,(H2,23,24,26). The molecule has 0 spiro atoms. The number of thiocarbonyl (C=S) groups is 1. The quantitative estimate of drug-likeness (QED) is 0.602. The Morgan fingerprint density at radius 2 is 2.00 bits per heavy atom. The van der Waals surface area contributed by atoms with Gasteiger partial charge in [-0.25, -0.2) is 0 Å². The highest BCUT2D eigenvalue weighted by molar-refractivity contribution is 7.80. The molecule has 0 fully saturated rings. The number of anilines is 2. The highest BCUT2D eigenvalue weighted by Crippen LogP contribution is 2.31. The summed E-state index contributed by atoms with van der Waals surface area (Å²) in [6, 6.07) is 19.2. The first kappa shape index (κ1) is 18.2. The van der Waals surface area contributed by atoms with Crippen molar-refractivity contribution in [1.82, 2.24) is 5.32 Å². The predicted octanol–water partition coefficient (Wildman–Crippen LogP) is 3.88. The molecule has 0 amide bonds. The van der Waals surface area contributed by atoms with Gasteiger partial charge >= 0.3 is 0 Å². The predicted molar refractivity (Wildman–Crippen MR) is 112 cm³/mol. The maximum absolute atomic E-state index is 8.70. The number of rotatable bonds is 6. The SMILES string of the molecule is CC1Cc2ccccc2N1CCCNC(=S)Nc1ccc(CC#N)cc1. The van der Waals surface area contributed by atoms with Gasteiger partial charge in [0.2, 0.25) is 0 Å². The fraction of sp³-hybridized carbons (Fsp3) is 0.333. The molecule has 5 heteroatoms. The summed E-state index contributed by atoms with van der Waals surface area (Å²) in [7, 11) is 0. The topological polar surface area (TPSA) is 51.1 Å². The summed E-state index contributed by atoms with van der Waals surface area (Å²) in [4.78, 5) is 2.49. The summed E-state index contributed by atoms with van der Waals surface area (Å²) in [6.07, 6.45) is 2.59. The summed E-state index contributed by atoms with van der Waals surface area (Å²) in [6.45, 7) is 4.15. The lowest BCUT2D eigenvalue weighted by atomic mass is 10.1. The molecule has 2 aromatic rings. The molecule has 0 bridgehead atoms. The van der Waals surface area contributed by atoms with Crippen LogP contribution in [-0.2, 0) is 12.8 Å². The second kappa shape index (κ2) is 8.68. The van der Waals surface area contributed by atoms with Crippen molar-refractivity contribution in [3.8, 4) is 6.07 Å². The molecule has 26 heavy (non-hydrogen) atoms. The number of hydrogen-bond acceptors (Lipinski definition) is 3. The maximum Gasteiger partial charge on any atom is 0.170 e. The van der Waals surface area contributed by atoms with Crippen LogP contribution in [0.25, 0.3) is 0 Å². The van der Waals surface area contributed by atoms with E-state index in [1.54, 1.807) is 0 Å². The number of benzene rings is 2. The van der Waals surface area contributed by atoms with Crippen molar-refractivity contribution >= 4 is 28.7 Å². The molecule has 0 saturated heterocycles. The fourth-order valence-corrected chi connectivity index (χ4v) is 3.61. The molecule has 1 unspecified atom stereocenters. The minimum Gasteiger partial charge on any atom is -0.368 e. The Morgan fingerprint density at radius 3 is 2.77 bits per heavy atom. The first-order chi connectivity index (χ1) is 12.7. The number of nitriles is 1. The molecule has 1 heterocycles. The van der Waals surface area contributed by atoms with Crippen LogP contribution in [0, 0.1) is 11.3 Å². The Bertz CT molecular complexity index is 794. The summed E-state index contributed by atoms with van der Waals surface area (Å²) >= 11 is 5.37. The average molecular weight is 365 g/mol. The third kappa shape index (κ3) is 4.53. The largest absolute Gasteiger partial charge is 0.368 e. The van der Waals surface area contributed by atoms with Gasteiger partial charge in [-0.2, -0.15) is 5.26 Å². The van der Waals surface area contributed by atoms with Crippen LogP contribution in [0.5, 0.6) is 0 Å². The van der Waals surface area contributed by atoms with Crippen molar-refractivity contribution in [2.24, 2.45) is 0 Å². The van der Waals surface area contributed by atoms with Crippen LogP contribution in [-0.4, -0.2) is 24.2 Å². The third-order valence-electron chi connectivity index (χ3n) is 4.70. The van der Waals surface area contributed by atoms with Crippen molar-refractivity contribution in [3.63, 3.8) is 0 Å². The molecule has 1 aliphatic rings. The van der Waals surface area contributed by atoms with Crippen LogP contribution in [0.15, 0.2) is 48.5 Å². The molecule has 3 rings (SSSR count). The van der Waals surface area contributed by atoms with Crippen molar-refractivity contribution in [3.05, 3.63) is 59.7 Å². The molecule has 1 atom stereocenters. The van der Waals surface area contributed by atoms with Crippen LogP contribution in [0.4, 0.5) is 11.4 Å². The molecule has 1 aliphatic heterocycles. The van der Waals surface area contributed by atoms with E-state index in [4.69, 9.17) is 17.5 Å². The monoisotopic (exact) mass is 364 g/mol. The Balaban J connectivity index is 1.41. The van der Waals surface area contributed by atoms with E-state index >= 15 is 0 Å². The Labute approximate surface area is 160 Å².